The molecule has 0 spiro atoms. The van der Waals surface area contributed by atoms with Crippen molar-refractivity contribution >= 4 is 87.0 Å². The zero-order valence-corrected chi connectivity index (χ0v) is 37.4. The number of β-lactam (4-membered cyclic amide) rings is 1. The molecule has 0 bridgehead atoms. The number of nitrogens with zero attached hydrogens (tertiary/aromatic N) is 7. The Hall–Kier alpha value is -4.47. The number of nitrogens with two attached hydrogens (primary N) is 1. The molecule has 22 nitrogen and oxygen atoms in total. The summed E-state index contributed by atoms with van der Waals surface area (Å²) in [5.41, 5.74) is 8.00. The van der Waals surface area contributed by atoms with Crippen molar-refractivity contribution in [2.24, 2.45) is 5.16 Å². The number of anilines is 1. The third-order valence-electron chi connectivity index (χ3n) is 7.99. The van der Waals surface area contributed by atoms with E-state index in [2.05, 4.69) is 41.4 Å². The monoisotopic (exact) mass is 871 g/mol. The molecule has 3 aromatic heterocycles. The number of carboxylic acids is 2. The van der Waals surface area contributed by atoms with E-state index in [-0.39, 0.29) is 98.5 Å². The van der Waals surface area contributed by atoms with E-state index in [9.17, 15) is 49.2 Å². The predicted molar refractivity (Wildman–Crippen MR) is 191 cm³/mol. The number of carboxylic acid groups (broad SMARTS) is 2. The van der Waals surface area contributed by atoms with Gasteiger partial charge in [0, 0.05) is 28.1 Å². The number of aliphatic carboxylic acids is 1. The number of benzene rings is 1. The molecular formula is C31H27N11Na2O11S3. The SMILES string of the molecule is Cc1cc(SCC2=C(C(=O)[O-])N3C(=O)[C@@H](NC(=O)/C(=N\OC(C)(C)C(=O)NNC(=O)c4ccc(O)c(O)c4)c4csc(N)n4)[C@H]3SC2)nc2nc(C(=O)[O-])nn12.[Na+].[Na+]. The largest absolute Gasteiger partial charge is 1.00 e. The maximum Gasteiger partial charge on any atom is 1.00 e. The molecule has 0 saturated carbocycles. The third-order valence-corrected chi connectivity index (χ3v) is 11.0. The zero-order chi connectivity index (χ0) is 40.6. The van der Waals surface area contributed by atoms with E-state index in [0.29, 0.717) is 16.3 Å². The third kappa shape index (κ3) is 9.69. The maximum absolute atomic E-state index is 13.6. The molecule has 0 radical (unpaired) electrons. The fourth-order valence-corrected chi connectivity index (χ4v) is 8.08. The molecule has 1 fully saturated rings. The van der Waals surface area contributed by atoms with Crippen LogP contribution in [0.3, 0.4) is 0 Å². The van der Waals surface area contributed by atoms with Gasteiger partial charge in [-0.3, -0.25) is 34.9 Å². The molecule has 5 heterocycles. The number of amides is 4. The van der Waals surface area contributed by atoms with Crippen LogP contribution >= 0.6 is 34.9 Å². The average molecular weight is 872 g/mol. The van der Waals surface area contributed by atoms with E-state index in [0.717, 1.165) is 40.1 Å². The summed E-state index contributed by atoms with van der Waals surface area (Å²) in [4.78, 5) is 94.5. The molecule has 292 valence electrons. The van der Waals surface area contributed by atoms with Crippen LogP contribution in [-0.2, 0) is 24.0 Å². The molecular weight excluding hydrogens is 845 g/mol. The summed E-state index contributed by atoms with van der Waals surface area (Å²) < 4.78 is 1.22. The quantitative estimate of drug-likeness (QED) is 0.0146. The number of nitrogens with one attached hydrogen (secondary N) is 3. The predicted octanol–water partition coefficient (Wildman–Crippen LogP) is -8.59. The summed E-state index contributed by atoms with van der Waals surface area (Å²) in [5.74, 6) is -8.10. The van der Waals surface area contributed by atoms with Crippen LogP contribution in [0.5, 0.6) is 11.5 Å². The number of rotatable bonds is 12. The Balaban J connectivity index is 0.00000372. The summed E-state index contributed by atoms with van der Waals surface area (Å²) in [6.45, 7) is 4.18. The van der Waals surface area contributed by atoms with E-state index >= 15 is 0 Å². The Morgan fingerprint density at radius 1 is 1.07 bits per heavy atom. The molecule has 1 saturated heterocycles. The van der Waals surface area contributed by atoms with Crippen molar-refractivity contribution in [2.75, 3.05) is 17.2 Å². The number of nitrogen functional groups attached to an aromatic ring is 1. The molecule has 2 atom stereocenters. The van der Waals surface area contributed by atoms with Crippen LogP contribution in [0.15, 0.2) is 51.1 Å². The number of thiazole rings is 1. The van der Waals surface area contributed by atoms with Crippen molar-refractivity contribution in [1.29, 1.82) is 0 Å². The number of fused-ring (bicyclic) bond motifs is 2. The van der Waals surface area contributed by atoms with Crippen LogP contribution < -0.4 is 91.2 Å². The molecule has 0 aliphatic carbocycles. The number of hydrazine groups is 1. The van der Waals surface area contributed by atoms with Crippen LogP contribution in [0.1, 0.15) is 46.2 Å². The summed E-state index contributed by atoms with van der Waals surface area (Å²) in [6, 6.07) is 3.62. The second-order valence-electron chi connectivity index (χ2n) is 12.3. The number of aromatic hydroxyl groups is 2. The van der Waals surface area contributed by atoms with Gasteiger partial charge in [-0.1, -0.05) is 5.16 Å². The van der Waals surface area contributed by atoms with Gasteiger partial charge in [0.2, 0.25) is 5.60 Å². The zero-order valence-electron chi connectivity index (χ0n) is 31.0. The van der Waals surface area contributed by atoms with Gasteiger partial charge in [0.1, 0.15) is 28.1 Å². The number of carbonyl (C=O) groups excluding carboxylic acids is 6. The Labute approximate surface area is 383 Å². The molecule has 2 aliphatic rings. The van der Waals surface area contributed by atoms with Crippen molar-refractivity contribution in [1.82, 2.24) is 45.6 Å². The summed E-state index contributed by atoms with van der Waals surface area (Å²) in [6.07, 6.45) is 0. The number of aryl methyl sites for hydroxylation is 1. The maximum atomic E-state index is 13.6. The van der Waals surface area contributed by atoms with E-state index in [1.807, 2.05) is 0 Å². The van der Waals surface area contributed by atoms with Crippen molar-refractivity contribution in [3.63, 3.8) is 0 Å². The first kappa shape index (κ1) is 46.2. The Kier molecular flexibility index (Phi) is 14.8. The number of aromatic nitrogens is 5. The standard InChI is InChI=1S/C31H29N11O11S3.2Na/c1-11-6-17(34-30-36-21(27(50)51)39-42(11)30)54-8-13-9-55-25-19(24(47)41(25)20(13)26(48)49)35-23(46)18(14-10-56-29(32)33-14)40-53-31(2,3)28(52)38-37-22(45)12-4-5-15(43)16(44)7-12;;/h4-7,10,19,25,43-44H,8-9H2,1-3H3,(H2,32,33)(H,35,46)(H,37,45)(H,38,52)(H,48,49)(H,50,51);;/q;2*+1/p-2/b40-18-;;/t19-,25-;;/m1../s1. The number of phenols is 2. The average Bonchev–Trinajstić information content (AvgIpc) is 3.79. The number of hydrogen-bond donors (Lipinski definition) is 6. The molecule has 2 aliphatic heterocycles. The topological polar surface area (TPSA) is 332 Å². The van der Waals surface area contributed by atoms with Crippen LogP contribution in [0.4, 0.5) is 5.13 Å². The van der Waals surface area contributed by atoms with E-state index in [1.165, 1.54) is 41.6 Å². The second kappa shape index (κ2) is 18.6. The van der Waals surface area contributed by atoms with Crippen molar-refractivity contribution < 1.29 is 113 Å². The Morgan fingerprint density at radius 2 is 1.79 bits per heavy atom. The number of aromatic carboxylic acids is 1. The van der Waals surface area contributed by atoms with Gasteiger partial charge < -0.3 is 45.9 Å². The van der Waals surface area contributed by atoms with E-state index < -0.39 is 75.6 Å². The molecule has 4 aromatic rings. The van der Waals surface area contributed by atoms with Gasteiger partial charge in [0.25, 0.3) is 29.4 Å². The number of oxime groups is 1. The van der Waals surface area contributed by atoms with Gasteiger partial charge >= 0.3 is 59.1 Å². The van der Waals surface area contributed by atoms with Gasteiger partial charge in [0.15, 0.2) is 28.2 Å². The molecule has 4 amide bonds. The van der Waals surface area contributed by atoms with Crippen molar-refractivity contribution in [3.05, 3.63) is 63.7 Å². The molecule has 7 N–H and O–H groups in total. The minimum Gasteiger partial charge on any atom is -0.543 e. The number of thioether (sulfide) groups is 2. The first-order valence-electron chi connectivity index (χ1n) is 15.8. The number of phenolic OH excluding ortho intramolecular Hbond substituents is 2. The number of hydrogen-bond acceptors (Lipinski definition) is 20. The smallest absolute Gasteiger partial charge is 0.543 e. The Morgan fingerprint density at radius 3 is 2.43 bits per heavy atom. The first-order valence-corrected chi connectivity index (χ1v) is 18.7. The van der Waals surface area contributed by atoms with Crippen LogP contribution in [0, 0.1) is 6.92 Å². The van der Waals surface area contributed by atoms with E-state index in [4.69, 9.17) is 10.6 Å². The van der Waals surface area contributed by atoms with Crippen molar-refractivity contribution in [2.45, 2.75) is 42.8 Å². The van der Waals surface area contributed by atoms with Gasteiger partial charge in [-0.2, -0.15) is 4.98 Å². The van der Waals surface area contributed by atoms with Crippen LogP contribution in [-0.4, -0.2) is 109 Å². The van der Waals surface area contributed by atoms with E-state index in [1.54, 1.807) is 13.0 Å². The van der Waals surface area contributed by atoms with Crippen LogP contribution in [0.2, 0.25) is 0 Å². The Bertz CT molecular complexity index is 2410. The summed E-state index contributed by atoms with van der Waals surface area (Å²) in [7, 11) is 0. The molecule has 1 aromatic carbocycles. The number of carbonyl (C=O) groups is 6. The summed E-state index contributed by atoms with van der Waals surface area (Å²) in [5, 5.41) is 53.8. The minimum absolute atomic E-state index is 0. The fraction of sp³-hybridized carbons (Fsp3) is 0.258. The van der Waals surface area contributed by atoms with Crippen molar-refractivity contribution in [3.8, 4) is 11.5 Å². The molecule has 6 rings (SSSR count). The molecule has 58 heavy (non-hydrogen) atoms. The first-order chi connectivity index (χ1) is 26.4. The van der Waals surface area contributed by atoms with Gasteiger partial charge in [-0.25, -0.2) is 14.5 Å². The molecule has 0 unspecified atom stereocenters. The fourth-order valence-electron chi connectivity index (χ4n) is 5.10. The normalized spacial score (nSPS) is 16.3. The van der Waals surface area contributed by atoms with Gasteiger partial charge in [-0.05, 0) is 50.6 Å². The van der Waals surface area contributed by atoms with Crippen LogP contribution in [0.25, 0.3) is 5.78 Å². The summed E-state index contributed by atoms with van der Waals surface area (Å²) >= 11 is 3.25. The minimum atomic E-state index is -1.84. The molecule has 27 heteroatoms. The van der Waals surface area contributed by atoms with Gasteiger partial charge in [-0.15, -0.1) is 40.0 Å². The second-order valence-corrected chi connectivity index (χ2v) is 15.3. The van der Waals surface area contributed by atoms with Gasteiger partial charge in [0.05, 0.1) is 11.7 Å².